The fraction of sp³-hybridized carbons (Fsp3) is 0.652. The number of likely N-dealkylation sites (tertiary alicyclic amines) is 1. The quantitative estimate of drug-likeness (QED) is 0.547. The first-order valence-corrected chi connectivity index (χ1v) is 10.8. The SMILES string of the molecule is CN=C(NCCc1ccc(C)c(OC)c1)NCC1CCN(C(=O)OC(C)(C)C)CC1. The Bertz CT molecular complexity index is 720. The van der Waals surface area contributed by atoms with Crippen LogP contribution in [0.15, 0.2) is 23.2 Å². The van der Waals surface area contributed by atoms with Crippen molar-refractivity contribution < 1.29 is 14.3 Å². The minimum atomic E-state index is -0.447. The molecule has 2 N–H and O–H groups in total. The number of nitrogens with one attached hydrogen (secondary N) is 2. The van der Waals surface area contributed by atoms with Crippen LogP contribution in [-0.4, -0.2) is 62.9 Å². The monoisotopic (exact) mass is 418 g/mol. The fourth-order valence-electron chi connectivity index (χ4n) is 3.45. The zero-order valence-electron chi connectivity index (χ0n) is 19.4. The maximum Gasteiger partial charge on any atom is 0.410 e. The van der Waals surface area contributed by atoms with Crippen LogP contribution in [-0.2, 0) is 11.2 Å². The molecular weight excluding hydrogens is 380 g/mol. The van der Waals surface area contributed by atoms with Gasteiger partial charge >= 0.3 is 6.09 Å². The predicted molar refractivity (Wildman–Crippen MR) is 121 cm³/mol. The van der Waals surface area contributed by atoms with E-state index in [1.807, 2.05) is 32.6 Å². The maximum atomic E-state index is 12.2. The number of nitrogens with zero attached hydrogens (tertiary/aromatic N) is 2. The van der Waals surface area contributed by atoms with Crippen LogP contribution >= 0.6 is 0 Å². The van der Waals surface area contributed by atoms with Gasteiger partial charge in [-0.25, -0.2) is 4.79 Å². The predicted octanol–water partition coefficient (Wildman–Crippen LogP) is 3.36. The van der Waals surface area contributed by atoms with Crippen molar-refractivity contribution in [3.63, 3.8) is 0 Å². The summed E-state index contributed by atoms with van der Waals surface area (Å²) in [6, 6.07) is 6.31. The van der Waals surface area contributed by atoms with E-state index in [4.69, 9.17) is 9.47 Å². The van der Waals surface area contributed by atoms with Crippen molar-refractivity contribution >= 4 is 12.1 Å². The van der Waals surface area contributed by atoms with Crippen LogP contribution in [0.25, 0.3) is 0 Å². The molecule has 0 radical (unpaired) electrons. The van der Waals surface area contributed by atoms with Crippen molar-refractivity contribution in [1.82, 2.24) is 15.5 Å². The van der Waals surface area contributed by atoms with Gasteiger partial charge in [-0.15, -0.1) is 0 Å². The van der Waals surface area contributed by atoms with E-state index in [1.54, 1.807) is 14.2 Å². The van der Waals surface area contributed by atoms with Gasteiger partial charge in [0.15, 0.2) is 5.96 Å². The third-order valence-corrected chi connectivity index (χ3v) is 5.23. The Balaban J connectivity index is 1.69. The van der Waals surface area contributed by atoms with Crippen molar-refractivity contribution in [1.29, 1.82) is 0 Å². The molecule has 1 aliphatic rings. The van der Waals surface area contributed by atoms with Crippen molar-refractivity contribution in [2.24, 2.45) is 10.9 Å². The summed E-state index contributed by atoms with van der Waals surface area (Å²) in [5.41, 5.74) is 1.93. The van der Waals surface area contributed by atoms with E-state index in [2.05, 4.69) is 33.8 Å². The standard InChI is InChI=1S/C23H38N4O3/c1-17-7-8-18(15-20(17)29-6)9-12-25-21(24-5)26-16-19-10-13-27(14-11-19)22(28)30-23(2,3)4/h7-8,15,19H,9-14,16H2,1-6H3,(H2,24,25,26). The Kier molecular flexibility index (Phi) is 8.81. The van der Waals surface area contributed by atoms with Gasteiger partial charge in [-0.2, -0.15) is 0 Å². The molecular formula is C23H38N4O3. The number of rotatable bonds is 6. The highest BCUT2D eigenvalue weighted by molar-refractivity contribution is 5.79. The normalized spacial score (nSPS) is 15.7. The van der Waals surface area contributed by atoms with E-state index >= 15 is 0 Å². The number of methoxy groups -OCH3 is 1. The molecule has 0 aliphatic carbocycles. The molecule has 1 aromatic carbocycles. The Labute approximate surface area is 181 Å². The number of piperidine rings is 1. The number of ether oxygens (including phenoxy) is 2. The van der Waals surface area contributed by atoms with E-state index < -0.39 is 5.60 Å². The van der Waals surface area contributed by atoms with E-state index in [0.29, 0.717) is 5.92 Å². The minimum absolute atomic E-state index is 0.209. The van der Waals surface area contributed by atoms with E-state index in [-0.39, 0.29) is 6.09 Å². The largest absolute Gasteiger partial charge is 0.496 e. The summed E-state index contributed by atoms with van der Waals surface area (Å²) in [6.07, 6.45) is 2.61. The number of hydrogen-bond acceptors (Lipinski definition) is 4. The Morgan fingerprint density at radius 2 is 1.93 bits per heavy atom. The second-order valence-corrected chi connectivity index (χ2v) is 8.84. The zero-order chi connectivity index (χ0) is 22.1. The molecule has 168 valence electrons. The molecule has 0 aromatic heterocycles. The van der Waals surface area contributed by atoms with Crippen molar-refractivity contribution in [2.75, 3.05) is 40.3 Å². The number of carbonyl (C=O) groups is 1. The van der Waals surface area contributed by atoms with Crippen molar-refractivity contribution in [3.05, 3.63) is 29.3 Å². The molecule has 1 saturated heterocycles. The highest BCUT2D eigenvalue weighted by atomic mass is 16.6. The van der Waals surface area contributed by atoms with Crippen LogP contribution in [0.5, 0.6) is 5.75 Å². The van der Waals surface area contributed by atoms with Gasteiger partial charge in [0.2, 0.25) is 0 Å². The molecule has 1 aromatic rings. The summed E-state index contributed by atoms with van der Waals surface area (Å²) < 4.78 is 10.9. The Morgan fingerprint density at radius 1 is 1.23 bits per heavy atom. The highest BCUT2D eigenvalue weighted by Crippen LogP contribution is 2.20. The van der Waals surface area contributed by atoms with Crippen LogP contribution < -0.4 is 15.4 Å². The third-order valence-electron chi connectivity index (χ3n) is 5.23. The van der Waals surface area contributed by atoms with Crippen LogP contribution in [0.2, 0.25) is 0 Å². The second-order valence-electron chi connectivity index (χ2n) is 8.84. The van der Waals surface area contributed by atoms with Gasteiger partial charge in [-0.3, -0.25) is 4.99 Å². The Hall–Kier alpha value is -2.44. The van der Waals surface area contributed by atoms with Gasteiger partial charge in [-0.1, -0.05) is 12.1 Å². The van der Waals surface area contributed by atoms with E-state index in [9.17, 15) is 4.79 Å². The summed E-state index contributed by atoms with van der Waals surface area (Å²) in [4.78, 5) is 18.3. The molecule has 1 heterocycles. The lowest BCUT2D eigenvalue weighted by Crippen LogP contribution is -2.45. The number of aliphatic imine (C=N–C) groups is 1. The van der Waals surface area contributed by atoms with Gasteiger partial charge in [0.25, 0.3) is 0 Å². The fourth-order valence-corrected chi connectivity index (χ4v) is 3.45. The third kappa shape index (κ3) is 7.76. The summed E-state index contributed by atoms with van der Waals surface area (Å²) in [5.74, 6) is 2.25. The smallest absolute Gasteiger partial charge is 0.410 e. The lowest BCUT2D eigenvalue weighted by Gasteiger charge is -2.33. The van der Waals surface area contributed by atoms with E-state index in [0.717, 1.165) is 62.7 Å². The molecule has 0 saturated carbocycles. The summed E-state index contributed by atoms with van der Waals surface area (Å²) >= 11 is 0. The minimum Gasteiger partial charge on any atom is -0.496 e. The van der Waals surface area contributed by atoms with Gasteiger partial charge < -0.3 is 25.0 Å². The molecule has 7 heteroatoms. The van der Waals surface area contributed by atoms with Crippen LogP contribution in [0.1, 0.15) is 44.7 Å². The average molecular weight is 419 g/mol. The molecule has 0 spiro atoms. The summed E-state index contributed by atoms with van der Waals surface area (Å²) in [6.45, 7) is 10.9. The number of guanidine groups is 1. The van der Waals surface area contributed by atoms with Crippen LogP contribution in [0.4, 0.5) is 4.79 Å². The number of hydrogen-bond donors (Lipinski definition) is 2. The van der Waals surface area contributed by atoms with Crippen LogP contribution in [0, 0.1) is 12.8 Å². The van der Waals surface area contributed by atoms with Gasteiger partial charge in [0, 0.05) is 33.2 Å². The number of amides is 1. The van der Waals surface area contributed by atoms with Crippen LogP contribution in [0.3, 0.4) is 0 Å². The van der Waals surface area contributed by atoms with Crippen molar-refractivity contribution in [3.8, 4) is 5.75 Å². The first-order valence-electron chi connectivity index (χ1n) is 10.8. The highest BCUT2D eigenvalue weighted by Gasteiger charge is 2.26. The molecule has 0 atom stereocenters. The zero-order valence-corrected chi connectivity index (χ0v) is 19.4. The van der Waals surface area contributed by atoms with Crippen molar-refractivity contribution in [2.45, 2.75) is 52.6 Å². The number of benzene rings is 1. The molecule has 1 aliphatic heterocycles. The number of carbonyl (C=O) groups excluding carboxylic acids is 1. The maximum absolute atomic E-state index is 12.2. The Morgan fingerprint density at radius 3 is 2.53 bits per heavy atom. The molecule has 1 fully saturated rings. The lowest BCUT2D eigenvalue weighted by atomic mass is 9.97. The molecule has 0 unspecified atom stereocenters. The lowest BCUT2D eigenvalue weighted by molar-refractivity contribution is 0.0185. The average Bonchev–Trinajstić information content (AvgIpc) is 2.70. The molecule has 1 amide bonds. The molecule has 30 heavy (non-hydrogen) atoms. The summed E-state index contributed by atoms with van der Waals surface area (Å²) in [5, 5.41) is 6.79. The molecule has 7 nitrogen and oxygen atoms in total. The molecule has 2 rings (SSSR count). The number of aryl methyl sites for hydroxylation is 1. The second kappa shape index (κ2) is 11.1. The van der Waals surface area contributed by atoms with Gasteiger partial charge in [0.1, 0.15) is 11.4 Å². The topological polar surface area (TPSA) is 75.2 Å². The van der Waals surface area contributed by atoms with E-state index in [1.165, 1.54) is 5.56 Å². The first kappa shape index (κ1) is 23.8. The first-order chi connectivity index (χ1) is 14.2. The van der Waals surface area contributed by atoms with Gasteiger partial charge in [0.05, 0.1) is 7.11 Å². The summed E-state index contributed by atoms with van der Waals surface area (Å²) in [7, 11) is 3.49. The molecule has 0 bridgehead atoms. The van der Waals surface area contributed by atoms with Gasteiger partial charge in [-0.05, 0) is 70.1 Å².